The molecule has 2 aromatic heterocycles. The summed E-state index contributed by atoms with van der Waals surface area (Å²) in [5.74, 6) is 0.938. The molecule has 2 unspecified atom stereocenters. The first-order valence-corrected chi connectivity index (χ1v) is 13.3. The Balaban J connectivity index is 1.47. The van der Waals surface area contributed by atoms with Crippen molar-refractivity contribution in [1.29, 1.82) is 0 Å². The molecule has 12 nitrogen and oxygen atoms in total. The first-order chi connectivity index (χ1) is 16.3. The van der Waals surface area contributed by atoms with Crippen LogP contribution in [-0.2, 0) is 29.8 Å². The molecule has 0 bridgehead atoms. The van der Waals surface area contributed by atoms with Crippen molar-refractivity contribution in [2.75, 3.05) is 39.3 Å². The minimum atomic E-state index is -3.91. The van der Waals surface area contributed by atoms with Crippen LogP contribution in [0.3, 0.4) is 0 Å². The number of rotatable bonds is 14. The van der Waals surface area contributed by atoms with Crippen LogP contribution in [-0.4, -0.2) is 87.3 Å². The Morgan fingerprint density at radius 1 is 1.35 bits per heavy atom. The fraction of sp³-hybridized carbons (Fsp3) is 0.714. The summed E-state index contributed by atoms with van der Waals surface area (Å²) in [4.78, 5) is 29.5. The molecule has 4 atom stereocenters. The Bertz CT molecular complexity index is 984. The average molecular weight is 499 g/mol. The molecular formula is C21H35N6O6P. The van der Waals surface area contributed by atoms with E-state index in [1.807, 2.05) is 4.90 Å². The maximum Gasteiger partial charge on any atom is 0.353 e. The first kappa shape index (κ1) is 26.7. The summed E-state index contributed by atoms with van der Waals surface area (Å²) in [5, 5.41) is 0. The molecule has 190 valence electrons. The van der Waals surface area contributed by atoms with Gasteiger partial charge in [0.15, 0.2) is 23.3 Å². The topological polar surface area (TPSA) is 133 Å². The van der Waals surface area contributed by atoms with Crippen LogP contribution < -0.4 is 0 Å². The van der Waals surface area contributed by atoms with Gasteiger partial charge in [0.05, 0.1) is 45.1 Å². The van der Waals surface area contributed by atoms with Gasteiger partial charge in [0.1, 0.15) is 12.7 Å². The van der Waals surface area contributed by atoms with Crippen LogP contribution in [0, 0.1) is 5.92 Å². The summed E-state index contributed by atoms with van der Waals surface area (Å²) in [6.45, 7) is 10.9. The number of aliphatic imine (C=N–C) groups is 1. The van der Waals surface area contributed by atoms with Gasteiger partial charge in [0.2, 0.25) is 0 Å². The van der Waals surface area contributed by atoms with Crippen LogP contribution in [0.25, 0.3) is 11.2 Å². The van der Waals surface area contributed by atoms with Crippen molar-refractivity contribution in [3.8, 4) is 0 Å². The molecule has 1 aliphatic heterocycles. The highest BCUT2D eigenvalue weighted by atomic mass is 31.2. The Hall–Kier alpha value is -1.95. The van der Waals surface area contributed by atoms with E-state index >= 15 is 0 Å². The number of hydrogen-bond acceptors (Lipinski definition) is 9. The number of aromatic nitrogens is 4. The molecule has 1 N–H and O–H groups in total. The van der Waals surface area contributed by atoms with Crippen LogP contribution in [0.1, 0.15) is 34.1 Å². The van der Waals surface area contributed by atoms with Gasteiger partial charge in [-0.15, -0.1) is 0 Å². The number of nitrogens with zero attached hydrogens (tertiary/aromatic N) is 6. The van der Waals surface area contributed by atoms with Gasteiger partial charge in [0, 0.05) is 19.5 Å². The molecule has 34 heavy (non-hydrogen) atoms. The molecule has 0 radical (unpaired) electrons. The largest absolute Gasteiger partial charge is 0.364 e. The SMILES string of the molecule is CCN(C=Nc1ncnc2c1ncn2C[C@@H](C)OCP(=O)(O)OCCOC1C[C@@H](C)CO1)CC. The van der Waals surface area contributed by atoms with Gasteiger partial charge in [-0.05, 0) is 26.7 Å². The Morgan fingerprint density at radius 2 is 2.15 bits per heavy atom. The molecule has 0 spiro atoms. The third kappa shape index (κ3) is 7.79. The summed E-state index contributed by atoms with van der Waals surface area (Å²) in [6.07, 6.45) is 4.55. The predicted octanol–water partition coefficient (Wildman–Crippen LogP) is 2.79. The molecule has 13 heteroatoms. The lowest BCUT2D eigenvalue weighted by molar-refractivity contribution is -0.116. The summed E-state index contributed by atoms with van der Waals surface area (Å²) in [7, 11) is -3.91. The van der Waals surface area contributed by atoms with Crippen molar-refractivity contribution in [3.05, 3.63) is 12.7 Å². The van der Waals surface area contributed by atoms with E-state index in [0.29, 0.717) is 36.1 Å². The highest BCUT2D eigenvalue weighted by molar-refractivity contribution is 7.52. The van der Waals surface area contributed by atoms with E-state index in [9.17, 15) is 9.46 Å². The standard InChI is InChI=1S/C21H35N6O6P/c1-5-26(6-2)13-25-20-19-21(23-12-22-20)27(14-24-19)10-17(4)32-15-34(28,29)33-8-7-30-18-9-16(3)11-31-18/h12-14,16-18H,5-11,15H2,1-4H3,(H,28,29)/t16-,17-,18?/m1/s1. The van der Waals surface area contributed by atoms with Crippen LogP contribution >= 0.6 is 7.60 Å². The lowest BCUT2D eigenvalue weighted by atomic mass is 10.1. The summed E-state index contributed by atoms with van der Waals surface area (Å²) >= 11 is 0. The molecule has 3 rings (SSSR count). The maximum atomic E-state index is 12.3. The third-order valence-electron chi connectivity index (χ3n) is 5.36. The monoisotopic (exact) mass is 498 g/mol. The summed E-state index contributed by atoms with van der Waals surface area (Å²) in [6, 6.07) is 0. The van der Waals surface area contributed by atoms with E-state index in [1.54, 1.807) is 24.2 Å². The fourth-order valence-electron chi connectivity index (χ4n) is 3.42. The second-order valence-corrected chi connectivity index (χ2v) is 10.1. The van der Waals surface area contributed by atoms with Gasteiger partial charge >= 0.3 is 7.60 Å². The second kappa shape index (κ2) is 12.7. The first-order valence-electron chi connectivity index (χ1n) is 11.6. The highest BCUT2D eigenvalue weighted by Gasteiger charge is 2.24. The quantitative estimate of drug-likeness (QED) is 0.179. The molecule has 1 aliphatic rings. The maximum absolute atomic E-state index is 12.3. The van der Waals surface area contributed by atoms with E-state index in [-0.39, 0.29) is 25.6 Å². The van der Waals surface area contributed by atoms with Crippen molar-refractivity contribution in [1.82, 2.24) is 24.4 Å². The van der Waals surface area contributed by atoms with E-state index < -0.39 is 13.9 Å². The molecule has 0 amide bonds. The summed E-state index contributed by atoms with van der Waals surface area (Å²) in [5.41, 5.74) is 1.19. The molecule has 0 saturated carbocycles. The molecule has 1 fully saturated rings. The van der Waals surface area contributed by atoms with Gasteiger partial charge < -0.3 is 33.1 Å². The molecule has 3 heterocycles. The minimum absolute atomic E-state index is 0.0143. The zero-order valence-electron chi connectivity index (χ0n) is 20.2. The average Bonchev–Trinajstić information content (AvgIpc) is 3.42. The zero-order valence-corrected chi connectivity index (χ0v) is 21.1. The summed E-state index contributed by atoms with van der Waals surface area (Å²) < 4.78 is 35.7. The van der Waals surface area contributed by atoms with Crippen molar-refractivity contribution < 1.29 is 28.2 Å². The molecule has 0 aromatic carbocycles. The number of fused-ring (bicyclic) bond motifs is 1. The molecule has 1 saturated heterocycles. The van der Waals surface area contributed by atoms with Crippen molar-refractivity contribution in [3.63, 3.8) is 0 Å². The van der Waals surface area contributed by atoms with Crippen molar-refractivity contribution in [2.45, 2.75) is 53.1 Å². The second-order valence-electron chi connectivity index (χ2n) is 8.28. The Morgan fingerprint density at radius 3 is 2.85 bits per heavy atom. The molecular weight excluding hydrogens is 463 g/mol. The predicted molar refractivity (Wildman–Crippen MR) is 127 cm³/mol. The van der Waals surface area contributed by atoms with Crippen LogP contribution in [0.2, 0.25) is 0 Å². The zero-order chi connectivity index (χ0) is 24.6. The van der Waals surface area contributed by atoms with Gasteiger partial charge in [-0.2, -0.15) is 0 Å². The molecule has 0 aliphatic carbocycles. The number of ether oxygens (including phenoxy) is 3. The smallest absolute Gasteiger partial charge is 0.353 e. The fourth-order valence-corrected chi connectivity index (χ4v) is 4.30. The van der Waals surface area contributed by atoms with Crippen LogP contribution in [0.15, 0.2) is 17.6 Å². The van der Waals surface area contributed by atoms with Gasteiger partial charge in [-0.25, -0.2) is 19.9 Å². The normalized spacial score (nSPS) is 21.3. The van der Waals surface area contributed by atoms with Crippen molar-refractivity contribution in [2.24, 2.45) is 10.9 Å². The van der Waals surface area contributed by atoms with E-state index in [0.717, 1.165) is 19.5 Å². The van der Waals surface area contributed by atoms with Gasteiger partial charge in [0.25, 0.3) is 0 Å². The van der Waals surface area contributed by atoms with Gasteiger partial charge in [-0.3, -0.25) is 4.57 Å². The van der Waals surface area contributed by atoms with E-state index in [1.165, 1.54) is 6.33 Å². The minimum Gasteiger partial charge on any atom is -0.364 e. The Labute approximate surface area is 199 Å². The lowest BCUT2D eigenvalue weighted by Crippen LogP contribution is -2.20. The van der Waals surface area contributed by atoms with Crippen LogP contribution in [0.5, 0.6) is 0 Å². The number of hydrogen-bond donors (Lipinski definition) is 1. The van der Waals surface area contributed by atoms with E-state index in [2.05, 4.69) is 40.7 Å². The van der Waals surface area contributed by atoms with Crippen LogP contribution in [0.4, 0.5) is 5.82 Å². The van der Waals surface area contributed by atoms with Crippen molar-refractivity contribution >= 4 is 30.9 Å². The van der Waals surface area contributed by atoms with Gasteiger partial charge in [-0.1, -0.05) is 6.92 Å². The highest BCUT2D eigenvalue weighted by Crippen LogP contribution is 2.42. The Kier molecular flexibility index (Phi) is 9.93. The third-order valence-corrected chi connectivity index (χ3v) is 6.42. The van der Waals surface area contributed by atoms with E-state index in [4.69, 9.17) is 18.7 Å². The molecule has 2 aromatic rings. The lowest BCUT2D eigenvalue weighted by Gasteiger charge is -2.18. The number of imidazole rings is 1.